The molecule has 2 aliphatic rings. The van der Waals surface area contributed by atoms with Crippen LogP contribution in [-0.4, -0.2) is 57.4 Å². The molecule has 172 valence electrons. The van der Waals surface area contributed by atoms with Gasteiger partial charge in [-0.25, -0.2) is 4.98 Å². The Bertz CT molecular complexity index is 897. The number of nitrogens with zero attached hydrogens (tertiary/aromatic N) is 3. The van der Waals surface area contributed by atoms with E-state index in [0.29, 0.717) is 42.2 Å². The smallest absolute Gasteiger partial charge is 0.248 e. The lowest BCUT2D eigenvalue weighted by atomic mass is 9.84. The first-order valence-electron chi connectivity index (χ1n) is 11.1. The number of carbonyl (C=O) groups excluding carboxylic acids is 2. The average Bonchev–Trinajstić information content (AvgIpc) is 3.51. The summed E-state index contributed by atoms with van der Waals surface area (Å²) < 4.78 is 0. The summed E-state index contributed by atoms with van der Waals surface area (Å²) in [6.07, 6.45) is 8.32. The Morgan fingerprint density at radius 1 is 1.22 bits per heavy atom. The van der Waals surface area contributed by atoms with E-state index >= 15 is 0 Å². The first-order valence-corrected chi connectivity index (χ1v) is 13.3. The summed E-state index contributed by atoms with van der Waals surface area (Å²) >= 11 is 8.59. The molecule has 1 aliphatic carbocycles. The molecule has 7 nitrogen and oxygen atoms in total. The van der Waals surface area contributed by atoms with Crippen LogP contribution in [-0.2, 0) is 16.1 Å². The number of amides is 2. The second kappa shape index (κ2) is 11.2. The lowest BCUT2D eigenvalue weighted by Gasteiger charge is -2.40. The third-order valence-electron chi connectivity index (χ3n) is 6.16. The maximum Gasteiger partial charge on any atom is 0.248 e. The monoisotopic (exact) mass is 491 g/mol. The summed E-state index contributed by atoms with van der Waals surface area (Å²) in [7, 11) is 0. The molecule has 2 aromatic heterocycles. The molecule has 1 aliphatic heterocycles. The molecule has 1 saturated heterocycles. The van der Waals surface area contributed by atoms with Crippen molar-refractivity contribution >= 4 is 56.9 Å². The number of hydrogen-bond acceptors (Lipinski definition) is 6. The van der Waals surface area contributed by atoms with Crippen LogP contribution in [0.25, 0.3) is 0 Å². The minimum absolute atomic E-state index is 0.0494. The molecule has 32 heavy (non-hydrogen) atoms. The van der Waals surface area contributed by atoms with Gasteiger partial charge in [0.05, 0.1) is 13.1 Å². The lowest BCUT2D eigenvalue weighted by Crippen LogP contribution is -2.59. The van der Waals surface area contributed by atoms with Gasteiger partial charge in [-0.05, 0) is 36.0 Å². The first-order chi connectivity index (χ1) is 15.6. The van der Waals surface area contributed by atoms with Crippen LogP contribution in [0.3, 0.4) is 0 Å². The molecule has 1 saturated carbocycles. The van der Waals surface area contributed by atoms with E-state index in [-0.39, 0.29) is 18.4 Å². The molecule has 2 amide bonds. The molecule has 0 spiro atoms. The van der Waals surface area contributed by atoms with Crippen molar-refractivity contribution in [2.75, 3.05) is 25.0 Å². The Morgan fingerprint density at radius 3 is 2.75 bits per heavy atom. The number of anilines is 1. The highest BCUT2D eigenvalue weighted by Crippen LogP contribution is 2.30. The summed E-state index contributed by atoms with van der Waals surface area (Å²) in [5, 5.41) is 11.2. The van der Waals surface area contributed by atoms with Crippen LogP contribution in [0.2, 0.25) is 0 Å². The SMILES string of the molecule is O=C(Nc1nccs1)C(CC1CCCCC1)N1CCN(C(=S)NCc2cccs2)CC1=O. The Hall–Kier alpha value is -2.04. The van der Waals surface area contributed by atoms with Crippen LogP contribution in [0.15, 0.2) is 29.1 Å². The third-order valence-corrected chi connectivity index (χ3v) is 8.13. The van der Waals surface area contributed by atoms with Crippen molar-refractivity contribution in [3.8, 4) is 0 Å². The van der Waals surface area contributed by atoms with E-state index in [4.69, 9.17) is 12.2 Å². The van der Waals surface area contributed by atoms with Crippen LogP contribution in [0.5, 0.6) is 0 Å². The van der Waals surface area contributed by atoms with E-state index in [2.05, 4.69) is 21.7 Å². The first kappa shape index (κ1) is 23.1. The van der Waals surface area contributed by atoms with Gasteiger partial charge in [-0.3, -0.25) is 9.59 Å². The van der Waals surface area contributed by atoms with Crippen LogP contribution in [0, 0.1) is 5.92 Å². The molecule has 0 radical (unpaired) electrons. The highest BCUT2D eigenvalue weighted by atomic mass is 32.1. The van der Waals surface area contributed by atoms with Crippen molar-refractivity contribution in [2.24, 2.45) is 5.92 Å². The zero-order valence-corrected chi connectivity index (χ0v) is 20.4. The molecular formula is C22H29N5O2S3. The molecule has 4 rings (SSSR count). The number of piperazine rings is 1. The minimum Gasteiger partial charge on any atom is -0.358 e. The molecular weight excluding hydrogens is 462 g/mol. The van der Waals surface area contributed by atoms with Crippen molar-refractivity contribution in [2.45, 2.75) is 51.1 Å². The van der Waals surface area contributed by atoms with Crippen LogP contribution >= 0.6 is 34.9 Å². The molecule has 2 N–H and O–H groups in total. The van der Waals surface area contributed by atoms with Gasteiger partial charge < -0.3 is 20.4 Å². The van der Waals surface area contributed by atoms with Gasteiger partial charge in [0.25, 0.3) is 0 Å². The van der Waals surface area contributed by atoms with Gasteiger partial charge in [-0.15, -0.1) is 22.7 Å². The van der Waals surface area contributed by atoms with E-state index in [1.807, 2.05) is 21.7 Å². The highest BCUT2D eigenvalue weighted by Gasteiger charge is 2.36. The van der Waals surface area contributed by atoms with Gasteiger partial charge in [0.1, 0.15) is 6.04 Å². The average molecular weight is 492 g/mol. The van der Waals surface area contributed by atoms with E-state index in [1.165, 1.54) is 35.5 Å². The summed E-state index contributed by atoms with van der Waals surface area (Å²) in [4.78, 5) is 35.4. The standard InChI is InChI=1S/C22H29N5O2S3/c28-19-15-26(22(30)24-14-17-7-4-11-31-17)9-10-27(19)18(13-16-5-2-1-3-6-16)20(29)25-21-23-8-12-32-21/h4,7-8,11-12,16,18H,1-3,5-6,9-10,13-15H2,(H,24,30)(H,23,25,29). The molecule has 2 fully saturated rings. The van der Waals surface area contributed by atoms with E-state index in [9.17, 15) is 9.59 Å². The molecule has 0 bridgehead atoms. The number of carbonyl (C=O) groups is 2. The second-order valence-electron chi connectivity index (χ2n) is 8.33. The number of thiazole rings is 1. The summed E-state index contributed by atoms with van der Waals surface area (Å²) in [5.74, 6) is 0.299. The molecule has 2 aromatic rings. The van der Waals surface area contributed by atoms with Gasteiger partial charge in [0, 0.05) is 29.5 Å². The number of thiocarbonyl (C=S) groups is 1. The number of rotatable bonds is 7. The van der Waals surface area contributed by atoms with Crippen molar-refractivity contribution in [3.05, 3.63) is 34.0 Å². The van der Waals surface area contributed by atoms with E-state index in [0.717, 1.165) is 12.8 Å². The Morgan fingerprint density at radius 2 is 2.06 bits per heavy atom. The fourth-order valence-electron chi connectivity index (χ4n) is 4.47. The topological polar surface area (TPSA) is 77.6 Å². The van der Waals surface area contributed by atoms with Crippen LogP contribution < -0.4 is 10.6 Å². The molecule has 0 aromatic carbocycles. The molecule has 1 unspecified atom stereocenters. The van der Waals surface area contributed by atoms with Gasteiger partial charge >= 0.3 is 0 Å². The highest BCUT2D eigenvalue weighted by molar-refractivity contribution is 7.80. The Kier molecular flexibility index (Phi) is 8.10. The van der Waals surface area contributed by atoms with Crippen LogP contribution in [0.4, 0.5) is 5.13 Å². The van der Waals surface area contributed by atoms with Crippen LogP contribution in [0.1, 0.15) is 43.4 Å². The molecule has 10 heteroatoms. The maximum atomic E-state index is 13.2. The van der Waals surface area contributed by atoms with Gasteiger partial charge in [-0.1, -0.05) is 38.2 Å². The zero-order valence-electron chi connectivity index (χ0n) is 18.0. The van der Waals surface area contributed by atoms with Crippen molar-refractivity contribution in [1.82, 2.24) is 20.1 Å². The predicted molar refractivity (Wildman–Crippen MR) is 133 cm³/mol. The van der Waals surface area contributed by atoms with Gasteiger partial charge in [0.2, 0.25) is 11.8 Å². The van der Waals surface area contributed by atoms with Crippen molar-refractivity contribution in [3.63, 3.8) is 0 Å². The fraction of sp³-hybridized carbons (Fsp3) is 0.545. The lowest BCUT2D eigenvalue weighted by molar-refractivity contribution is -0.142. The third kappa shape index (κ3) is 6.05. The maximum absolute atomic E-state index is 13.2. The quantitative estimate of drug-likeness (QED) is 0.575. The van der Waals surface area contributed by atoms with Gasteiger partial charge in [0.15, 0.2) is 10.2 Å². The normalized spacial score (nSPS) is 18.4. The second-order valence-corrected chi connectivity index (χ2v) is 10.6. The summed E-state index contributed by atoms with van der Waals surface area (Å²) in [6.45, 7) is 1.96. The van der Waals surface area contributed by atoms with Gasteiger partial charge in [-0.2, -0.15) is 0 Å². The summed E-state index contributed by atoms with van der Waals surface area (Å²) in [6, 6.07) is 3.60. The molecule has 3 heterocycles. The summed E-state index contributed by atoms with van der Waals surface area (Å²) in [5.41, 5.74) is 0. The number of hydrogen-bond donors (Lipinski definition) is 2. The number of aromatic nitrogens is 1. The Balaban J connectivity index is 1.38. The molecule has 1 atom stereocenters. The minimum atomic E-state index is -0.468. The number of thiophene rings is 1. The largest absolute Gasteiger partial charge is 0.358 e. The van der Waals surface area contributed by atoms with E-state index in [1.54, 1.807) is 22.4 Å². The Labute approximate surface area is 202 Å². The van der Waals surface area contributed by atoms with Crippen molar-refractivity contribution < 1.29 is 9.59 Å². The number of nitrogens with one attached hydrogen (secondary N) is 2. The predicted octanol–water partition coefficient (Wildman–Crippen LogP) is 3.70. The van der Waals surface area contributed by atoms with E-state index < -0.39 is 6.04 Å². The van der Waals surface area contributed by atoms with Crippen molar-refractivity contribution in [1.29, 1.82) is 0 Å². The fourth-order valence-corrected chi connectivity index (χ4v) is 5.87. The zero-order chi connectivity index (χ0) is 22.3.